The molecule has 0 N–H and O–H groups in total. The highest BCUT2D eigenvalue weighted by Gasteiger charge is 2.19. The number of thioether (sulfide) groups is 2. The minimum absolute atomic E-state index is 0.206. The van der Waals surface area contributed by atoms with E-state index in [-0.39, 0.29) is 10.2 Å². The summed E-state index contributed by atoms with van der Waals surface area (Å²) in [5, 5.41) is 0. The third-order valence-corrected chi connectivity index (χ3v) is 5.56. The fourth-order valence-corrected chi connectivity index (χ4v) is 4.63. The van der Waals surface area contributed by atoms with Crippen LogP contribution in [0.25, 0.3) is 5.57 Å². The van der Waals surface area contributed by atoms with E-state index in [0.717, 1.165) is 11.5 Å². The fourth-order valence-electron chi connectivity index (χ4n) is 1.76. The van der Waals surface area contributed by atoms with E-state index in [1.807, 2.05) is 6.07 Å². The normalized spacial score (nSPS) is 16.8. The highest BCUT2D eigenvalue weighted by molar-refractivity contribution is 8.17. The van der Waals surface area contributed by atoms with E-state index in [1.165, 1.54) is 6.42 Å². The molecule has 0 saturated carbocycles. The molecule has 1 heterocycles. The quantitative estimate of drug-likeness (QED) is 0.769. The highest BCUT2D eigenvalue weighted by Crippen LogP contribution is 2.38. The van der Waals surface area contributed by atoms with E-state index in [1.54, 1.807) is 47.8 Å². The molecule has 1 aliphatic heterocycles. The Balaban J connectivity index is 2.11. The van der Waals surface area contributed by atoms with E-state index >= 15 is 0 Å². The lowest BCUT2D eigenvalue weighted by molar-refractivity contribution is 0.423. The average Bonchev–Trinajstić information content (AvgIpc) is 2.38. The number of allylic oxidation sites excluding steroid dienone is 1. The van der Waals surface area contributed by atoms with Gasteiger partial charge in [-0.05, 0) is 29.9 Å². The van der Waals surface area contributed by atoms with Gasteiger partial charge in [-0.15, -0.1) is 23.5 Å². The summed E-state index contributed by atoms with van der Waals surface area (Å²) < 4.78 is 26.3. The van der Waals surface area contributed by atoms with Crippen LogP contribution in [0.1, 0.15) is 18.4 Å². The van der Waals surface area contributed by atoms with E-state index in [4.69, 9.17) is 0 Å². The maximum Gasteiger partial charge on any atom is 0.274 e. The van der Waals surface area contributed by atoms with Gasteiger partial charge in [-0.25, -0.2) is 0 Å². The van der Waals surface area contributed by atoms with Crippen LogP contribution in [0.2, 0.25) is 0 Å². The van der Waals surface area contributed by atoms with Crippen molar-refractivity contribution >= 4 is 29.1 Å². The van der Waals surface area contributed by atoms with Crippen LogP contribution in [0.15, 0.2) is 36.4 Å². The van der Waals surface area contributed by atoms with Gasteiger partial charge < -0.3 is 0 Å². The van der Waals surface area contributed by atoms with Crippen LogP contribution in [-0.4, -0.2) is 16.1 Å². The van der Waals surface area contributed by atoms with Crippen LogP contribution < -0.4 is 0 Å². The predicted octanol–water partition coefficient (Wildman–Crippen LogP) is 4.88. The van der Waals surface area contributed by atoms with Crippen molar-refractivity contribution in [3.8, 4) is 0 Å². The number of rotatable bonds is 3. The van der Waals surface area contributed by atoms with Crippen LogP contribution >= 0.6 is 23.5 Å². The first-order chi connectivity index (χ1) is 8.27. The molecule has 0 unspecified atom stereocenters. The first-order valence-corrected chi connectivity index (χ1v) is 7.70. The standard InChI is InChI=1S/C13H14F2S2/c14-13(15)11(10-5-2-1-3-6-10)9-12-16-7-4-8-17-12/h1-3,5-6,12H,4,7-9H2. The molecule has 92 valence electrons. The second-order valence-corrected chi connectivity index (χ2v) is 6.75. The van der Waals surface area contributed by atoms with Crippen molar-refractivity contribution in [3.63, 3.8) is 0 Å². The lowest BCUT2D eigenvalue weighted by atomic mass is 10.1. The number of hydrogen-bond acceptors (Lipinski definition) is 2. The molecule has 0 amide bonds. The first-order valence-electron chi connectivity index (χ1n) is 5.60. The van der Waals surface area contributed by atoms with Gasteiger partial charge in [0, 0.05) is 5.57 Å². The summed E-state index contributed by atoms with van der Waals surface area (Å²) in [6.07, 6.45) is 0.110. The maximum absolute atomic E-state index is 13.0. The van der Waals surface area contributed by atoms with Crippen molar-refractivity contribution in [1.82, 2.24) is 0 Å². The Kier molecular flexibility index (Phi) is 4.92. The van der Waals surface area contributed by atoms with Crippen molar-refractivity contribution in [3.05, 3.63) is 42.0 Å². The van der Waals surface area contributed by atoms with Crippen molar-refractivity contribution < 1.29 is 8.78 Å². The van der Waals surface area contributed by atoms with Gasteiger partial charge in [0.25, 0.3) is 6.08 Å². The van der Waals surface area contributed by atoms with Gasteiger partial charge in [-0.1, -0.05) is 30.3 Å². The van der Waals surface area contributed by atoms with Crippen molar-refractivity contribution in [1.29, 1.82) is 0 Å². The lowest BCUT2D eigenvalue weighted by Crippen LogP contribution is -2.07. The molecule has 0 radical (unpaired) electrons. The number of halogens is 2. The Morgan fingerprint density at radius 1 is 1.12 bits per heavy atom. The molecule has 17 heavy (non-hydrogen) atoms. The lowest BCUT2D eigenvalue weighted by Gasteiger charge is -2.21. The molecule has 0 aromatic heterocycles. The average molecular weight is 272 g/mol. The van der Waals surface area contributed by atoms with Crippen LogP contribution in [0.4, 0.5) is 8.78 Å². The molecule has 0 nitrogen and oxygen atoms in total. The van der Waals surface area contributed by atoms with Gasteiger partial charge in [-0.3, -0.25) is 0 Å². The van der Waals surface area contributed by atoms with E-state index in [2.05, 4.69) is 0 Å². The topological polar surface area (TPSA) is 0 Å². The van der Waals surface area contributed by atoms with Crippen molar-refractivity contribution in [2.75, 3.05) is 11.5 Å². The molecule has 1 aromatic rings. The number of benzene rings is 1. The maximum atomic E-state index is 13.0. The zero-order valence-electron chi connectivity index (χ0n) is 9.36. The zero-order valence-corrected chi connectivity index (χ0v) is 11.0. The van der Waals surface area contributed by atoms with E-state index < -0.39 is 6.08 Å². The molecule has 0 atom stereocenters. The molecule has 0 aliphatic carbocycles. The Morgan fingerprint density at radius 3 is 2.35 bits per heavy atom. The smallest absolute Gasteiger partial charge is 0.173 e. The second kappa shape index (κ2) is 6.45. The van der Waals surface area contributed by atoms with E-state index in [9.17, 15) is 8.78 Å². The van der Waals surface area contributed by atoms with Crippen molar-refractivity contribution in [2.24, 2.45) is 0 Å². The Hall–Kier alpha value is -0.480. The predicted molar refractivity (Wildman–Crippen MR) is 73.5 cm³/mol. The molecule has 1 saturated heterocycles. The third-order valence-electron chi connectivity index (χ3n) is 2.62. The molecule has 0 spiro atoms. The molecule has 1 aliphatic rings. The summed E-state index contributed by atoms with van der Waals surface area (Å²) in [6.45, 7) is 0. The minimum atomic E-state index is -1.54. The van der Waals surface area contributed by atoms with Crippen LogP contribution in [-0.2, 0) is 0 Å². The first kappa shape index (κ1) is 13.0. The molecule has 4 heteroatoms. The van der Waals surface area contributed by atoms with Crippen LogP contribution in [0, 0.1) is 0 Å². The Morgan fingerprint density at radius 2 is 1.76 bits per heavy atom. The van der Waals surface area contributed by atoms with Gasteiger partial charge in [-0.2, -0.15) is 8.78 Å². The van der Waals surface area contributed by atoms with Gasteiger partial charge in [0.1, 0.15) is 0 Å². The minimum Gasteiger partial charge on any atom is -0.173 e. The molecule has 1 fully saturated rings. The van der Waals surface area contributed by atoms with Crippen molar-refractivity contribution in [2.45, 2.75) is 17.4 Å². The monoisotopic (exact) mass is 272 g/mol. The molecular weight excluding hydrogens is 258 g/mol. The summed E-state index contributed by atoms with van der Waals surface area (Å²) in [4.78, 5) is 0. The summed E-state index contributed by atoms with van der Waals surface area (Å²) >= 11 is 3.60. The third kappa shape index (κ3) is 3.75. The fraction of sp³-hybridized carbons (Fsp3) is 0.385. The van der Waals surface area contributed by atoms with E-state index in [0.29, 0.717) is 12.0 Å². The van der Waals surface area contributed by atoms with Gasteiger partial charge >= 0.3 is 0 Å². The SMILES string of the molecule is FC(F)=C(CC1SCCCS1)c1ccccc1. The summed E-state index contributed by atoms with van der Waals surface area (Å²) in [5.41, 5.74) is 0.858. The van der Waals surface area contributed by atoms with Crippen LogP contribution in [0.3, 0.4) is 0 Å². The number of hydrogen-bond donors (Lipinski definition) is 0. The summed E-state index contributed by atoms with van der Waals surface area (Å²) in [5.74, 6) is 2.18. The van der Waals surface area contributed by atoms with Gasteiger partial charge in [0.05, 0.1) is 4.58 Å². The molecule has 2 rings (SSSR count). The molecule has 1 aromatic carbocycles. The molecule has 0 bridgehead atoms. The van der Waals surface area contributed by atoms with Gasteiger partial charge in [0.15, 0.2) is 0 Å². The van der Waals surface area contributed by atoms with Crippen LogP contribution in [0.5, 0.6) is 0 Å². The second-order valence-electron chi connectivity index (χ2n) is 3.83. The van der Waals surface area contributed by atoms with Gasteiger partial charge in [0.2, 0.25) is 0 Å². The zero-order chi connectivity index (χ0) is 12.1. The molecular formula is C13H14F2S2. The Bertz CT molecular complexity index is 380. The summed E-state index contributed by atoms with van der Waals surface area (Å²) in [6, 6.07) is 8.97. The summed E-state index contributed by atoms with van der Waals surface area (Å²) in [7, 11) is 0. The highest BCUT2D eigenvalue weighted by atomic mass is 32.2. The largest absolute Gasteiger partial charge is 0.274 e. The Labute approximate surface area is 109 Å².